The smallest absolute Gasteiger partial charge is 0.338 e. The van der Waals surface area contributed by atoms with Crippen molar-refractivity contribution in [3.63, 3.8) is 0 Å². The van der Waals surface area contributed by atoms with Gasteiger partial charge in [-0.2, -0.15) is 9.57 Å². The minimum absolute atomic E-state index is 0.0172. The molecule has 0 bridgehead atoms. The molecular formula is C24H24N4O5S. The Balaban J connectivity index is 1.50. The lowest BCUT2D eigenvalue weighted by Gasteiger charge is -2.20. The highest BCUT2D eigenvalue weighted by molar-refractivity contribution is 7.89. The second-order valence-corrected chi connectivity index (χ2v) is 9.90. The maximum absolute atomic E-state index is 13.0. The highest BCUT2D eigenvalue weighted by Crippen LogP contribution is 2.22. The van der Waals surface area contributed by atoms with Gasteiger partial charge in [-0.3, -0.25) is 0 Å². The third-order valence-corrected chi connectivity index (χ3v) is 7.53. The number of nitrogens with zero attached hydrogens (tertiary/aromatic N) is 3. The molecule has 4 rings (SSSR count). The summed E-state index contributed by atoms with van der Waals surface area (Å²) in [6.45, 7) is 0.338. The average molecular weight is 481 g/mol. The first kappa shape index (κ1) is 23.5. The molecule has 1 aliphatic heterocycles. The van der Waals surface area contributed by atoms with Crippen molar-refractivity contribution >= 4 is 32.6 Å². The van der Waals surface area contributed by atoms with Crippen LogP contribution in [-0.4, -0.2) is 53.5 Å². The van der Waals surface area contributed by atoms with E-state index in [1.807, 2.05) is 12.1 Å². The van der Waals surface area contributed by atoms with Gasteiger partial charge in [-0.15, -0.1) is 0 Å². The van der Waals surface area contributed by atoms with Gasteiger partial charge in [0.25, 0.3) is 0 Å². The predicted octanol–water partition coefficient (Wildman–Crippen LogP) is 3.78. The summed E-state index contributed by atoms with van der Waals surface area (Å²) in [5, 5.41) is 19.9. The van der Waals surface area contributed by atoms with Gasteiger partial charge in [0.2, 0.25) is 10.0 Å². The molecule has 176 valence electrons. The summed E-state index contributed by atoms with van der Waals surface area (Å²) >= 11 is 0. The van der Waals surface area contributed by atoms with Crippen LogP contribution in [0.25, 0.3) is 16.6 Å². The van der Waals surface area contributed by atoms with Crippen molar-refractivity contribution in [1.82, 2.24) is 14.3 Å². The van der Waals surface area contributed by atoms with Gasteiger partial charge in [-0.05, 0) is 43.2 Å². The number of esters is 1. The minimum Gasteiger partial charge on any atom is -0.507 e. The maximum Gasteiger partial charge on any atom is 0.338 e. The molecule has 0 spiro atoms. The fourth-order valence-electron chi connectivity index (χ4n) is 3.83. The van der Waals surface area contributed by atoms with Crippen LogP contribution in [0.1, 0.15) is 41.9 Å². The first-order valence-corrected chi connectivity index (χ1v) is 12.4. The fourth-order valence-corrected chi connectivity index (χ4v) is 5.39. The first-order chi connectivity index (χ1) is 16.4. The van der Waals surface area contributed by atoms with Gasteiger partial charge in [0, 0.05) is 13.1 Å². The Hall–Kier alpha value is -3.68. The van der Waals surface area contributed by atoms with Crippen molar-refractivity contribution < 1.29 is 23.1 Å². The molecule has 3 aromatic rings. The number of carbonyl (C=O) groups is 1. The van der Waals surface area contributed by atoms with Gasteiger partial charge >= 0.3 is 5.97 Å². The topological polar surface area (TPSA) is 136 Å². The Labute approximate surface area is 197 Å². The minimum atomic E-state index is -3.73. The lowest BCUT2D eigenvalue weighted by molar-refractivity contribution is 0.0502. The van der Waals surface area contributed by atoms with Gasteiger partial charge in [-0.1, -0.05) is 31.0 Å². The molecule has 9 nitrogen and oxygen atoms in total. The molecule has 1 saturated heterocycles. The van der Waals surface area contributed by atoms with E-state index in [9.17, 15) is 23.6 Å². The van der Waals surface area contributed by atoms with E-state index in [1.54, 1.807) is 18.2 Å². The Morgan fingerprint density at radius 1 is 1.12 bits per heavy atom. The number of hydrogen-bond acceptors (Lipinski definition) is 7. The third kappa shape index (κ3) is 4.95. The zero-order valence-corrected chi connectivity index (χ0v) is 19.2. The number of sulfonamides is 1. The lowest BCUT2D eigenvalue weighted by Crippen LogP contribution is -2.32. The Bertz CT molecular complexity index is 1350. The normalized spacial score (nSPS) is 15.9. The number of benzene rings is 2. The fraction of sp³-hybridized carbons (Fsp3) is 0.292. The number of fused-ring (bicyclic) bond motifs is 1. The van der Waals surface area contributed by atoms with Crippen LogP contribution >= 0.6 is 0 Å². The van der Waals surface area contributed by atoms with Crippen molar-refractivity contribution in [3.8, 4) is 6.07 Å². The van der Waals surface area contributed by atoms with Gasteiger partial charge in [0.1, 0.15) is 18.2 Å². The quantitative estimate of drug-likeness (QED) is 0.311. The predicted molar refractivity (Wildman–Crippen MR) is 125 cm³/mol. The zero-order chi connectivity index (χ0) is 24.1. The lowest BCUT2D eigenvalue weighted by atomic mass is 10.2. The van der Waals surface area contributed by atoms with Crippen LogP contribution in [-0.2, 0) is 14.8 Å². The van der Waals surface area contributed by atoms with Gasteiger partial charge in [-0.25, -0.2) is 18.2 Å². The molecule has 0 atom stereocenters. The Kier molecular flexibility index (Phi) is 6.95. The zero-order valence-electron chi connectivity index (χ0n) is 18.4. The Morgan fingerprint density at radius 3 is 2.56 bits per heavy atom. The van der Waals surface area contributed by atoms with Crippen molar-refractivity contribution in [3.05, 3.63) is 65.7 Å². The van der Waals surface area contributed by atoms with E-state index in [0.717, 1.165) is 25.7 Å². The summed E-state index contributed by atoms with van der Waals surface area (Å²) in [5.41, 5.74) is 1.20. The summed E-state index contributed by atoms with van der Waals surface area (Å²) in [5.74, 6) is -1.13. The van der Waals surface area contributed by atoms with Gasteiger partial charge in [0.05, 0.1) is 21.5 Å². The van der Waals surface area contributed by atoms with Crippen LogP contribution in [0.15, 0.2) is 59.2 Å². The van der Waals surface area contributed by atoms with Crippen LogP contribution in [0, 0.1) is 11.3 Å². The summed E-state index contributed by atoms with van der Waals surface area (Å²) in [4.78, 5) is 19.8. The number of para-hydroxylation sites is 2. The second kappa shape index (κ2) is 10.1. The number of ether oxygens (including phenoxy) is 1. The van der Waals surface area contributed by atoms with Crippen LogP contribution in [0.2, 0.25) is 0 Å². The molecule has 10 heteroatoms. The first-order valence-electron chi connectivity index (χ1n) is 10.9. The number of H-pyrrole nitrogens is 1. The maximum atomic E-state index is 13.0. The average Bonchev–Trinajstić information content (AvgIpc) is 3.07. The number of hydrogen-bond donors (Lipinski definition) is 2. The molecule has 2 aromatic carbocycles. The highest BCUT2D eigenvalue weighted by atomic mass is 32.2. The summed E-state index contributed by atoms with van der Waals surface area (Å²) in [6, 6.07) is 14.7. The van der Waals surface area contributed by atoms with Crippen LogP contribution in [0.5, 0.6) is 0 Å². The number of aromatic amines is 1. The van der Waals surface area contributed by atoms with Crippen molar-refractivity contribution in [2.75, 3.05) is 19.7 Å². The number of aliphatic hydroxyl groups is 1. The molecule has 0 radical (unpaired) electrons. The molecule has 1 aromatic heterocycles. The largest absolute Gasteiger partial charge is 0.507 e. The van der Waals surface area contributed by atoms with Crippen molar-refractivity contribution in [2.24, 2.45) is 0 Å². The van der Waals surface area contributed by atoms with Crippen molar-refractivity contribution in [1.29, 1.82) is 5.26 Å². The van der Waals surface area contributed by atoms with Crippen LogP contribution in [0.4, 0.5) is 0 Å². The van der Waals surface area contributed by atoms with E-state index in [1.165, 1.54) is 28.6 Å². The van der Waals surface area contributed by atoms with E-state index in [2.05, 4.69) is 9.97 Å². The highest BCUT2D eigenvalue weighted by Gasteiger charge is 2.26. The third-order valence-electron chi connectivity index (χ3n) is 5.64. The van der Waals surface area contributed by atoms with Crippen LogP contribution in [0.3, 0.4) is 0 Å². The van der Waals surface area contributed by atoms with Gasteiger partial charge < -0.3 is 14.8 Å². The second-order valence-electron chi connectivity index (χ2n) is 7.96. The molecule has 1 aliphatic rings. The molecule has 2 N–H and O–H groups in total. The number of nitrogens with one attached hydrogen (secondary N) is 1. The number of carbonyl (C=O) groups excluding carboxylic acids is 1. The van der Waals surface area contributed by atoms with E-state index >= 15 is 0 Å². The number of allylic oxidation sites excluding steroid dienone is 1. The number of aromatic nitrogens is 2. The molecule has 2 heterocycles. The molecule has 1 fully saturated rings. The molecular weight excluding hydrogens is 456 g/mol. The van der Waals surface area contributed by atoms with E-state index in [4.69, 9.17) is 4.74 Å². The molecule has 0 amide bonds. The molecule has 0 saturated carbocycles. The molecule has 34 heavy (non-hydrogen) atoms. The summed E-state index contributed by atoms with van der Waals surface area (Å²) < 4.78 is 32.6. The Morgan fingerprint density at radius 2 is 1.85 bits per heavy atom. The standard InChI is InChI=1S/C24H24N4O5S/c25-15-19(23-26-20-10-3-4-11-21(20)27-23)22(29)16-33-24(30)17-8-7-9-18(14-17)34(31,32)28-12-5-1-2-6-13-28/h3-4,7-11,14,29H,1-2,5-6,12-13,16H2,(H,26,27). The SMILES string of the molecule is N#CC(=C(O)COC(=O)c1cccc(S(=O)(=O)N2CCCCCC2)c1)c1nc2ccccc2[nH]1. The van der Waals surface area contributed by atoms with Gasteiger partial charge in [0.15, 0.2) is 11.6 Å². The molecule has 0 unspecified atom stereocenters. The van der Waals surface area contributed by atoms with E-state index in [-0.39, 0.29) is 21.9 Å². The number of rotatable bonds is 6. The number of aliphatic hydroxyl groups excluding tert-OH is 1. The summed E-state index contributed by atoms with van der Waals surface area (Å²) in [6.07, 6.45) is 3.60. The monoisotopic (exact) mass is 480 g/mol. The van der Waals surface area contributed by atoms with E-state index < -0.39 is 28.4 Å². The number of nitriles is 1. The van der Waals surface area contributed by atoms with Crippen LogP contribution < -0.4 is 0 Å². The van der Waals surface area contributed by atoms with E-state index in [0.29, 0.717) is 24.1 Å². The number of imidazole rings is 1. The summed E-state index contributed by atoms with van der Waals surface area (Å²) in [7, 11) is -3.73. The van der Waals surface area contributed by atoms with Crippen molar-refractivity contribution in [2.45, 2.75) is 30.6 Å². The molecule has 0 aliphatic carbocycles.